The summed E-state index contributed by atoms with van der Waals surface area (Å²) in [5.41, 5.74) is 11.4. The fourth-order valence-electron chi connectivity index (χ4n) is 11.1. The van der Waals surface area contributed by atoms with Gasteiger partial charge in [0.05, 0.1) is 19.3 Å². The zero-order valence-electron chi connectivity index (χ0n) is 45.3. The summed E-state index contributed by atoms with van der Waals surface area (Å²) in [5, 5.41) is 12.0. The van der Waals surface area contributed by atoms with Crippen LogP contribution < -0.4 is 31.9 Å². The van der Waals surface area contributed by atoms with Crippen molar-refractivity contribution in [3.63, 3.8) is 0 Å². The molecule has 1 aromatic rings. The summed E-state index contributed by atoms with van der Waals surface area (Å²) in [6.07, 6.45) is 24.9. The van der Waals surface area contributed by atoms with Crippen molar-refractivity contribution in [3.8, 4) is 0 Å². The number of piperidine rings is 2. The van der Waals surface area contributed by atoms with Gasteiger partial charge in [0.2, 0.25) is 11.9 Å². The number of nitrogens with two attached hydrogens (primary N) is 2. The molecule has 0 bridgehead atoms. The van der Waals surface area contributed by atoms with Gasteiger partial charge < -0.3 is 31.9 Å². The highest BCUT2D eigenvalue weighted by atomic mass is 16.7. The normalized spacial score (nSPS) is 19.4. The Morgan fingerprint density at radius 3 is 1.33 bits per heavy atom. The maximum Gasteiger partial charge on any atom is 0.230 e. The molecular weight excluding hydrogens is 823 g/mol. The first-order valence-corrected chi connectivity index (χ1v) is 27.5. The van der Waals surface area contributed by atoms with E-state index in [0.29, 0.717) is 13.1 Å². The molecule has 0 radical (unpaired) electrons. The van der Waals surface area contributed by atoms with Gasteiger partial charge in [0.1, 0.15) is 0 Å². The third kappa shape index (κ3) is 18.9. The maximum atomic E-state index is 6.75. The highest BCUT2D eigenvalue weighted by Gasteiger charge is 2.50. The average Bonchev–Trinajstić information content (AvgIpc) is 3.24. The number of hydroxylamine groups is 4. The third-order valence-electron chi connectivity index (χ3n) is 14.1. The number of nitrogens with zero attached hydrogens (tertiary/aromatic N) is 7. The van der Waals surface area contributed by atoms with Crippen molar-refractivity contribution in [2.24, 2.45) is 11.5 Å². The summed E-state index contributed by atoms with van der Waals surface area (Å²) in [4.78, 5) is 35.3. The van der Waals surface area contributed by atoms with Gasteiger partial charge in [-0.1, -0.05) is 105 Å². The molecule has 2 saturated heterocycles. The van der Waals surface area contributed by atoms with Gasteiger partial charge in [-0.15, -0.1) is 0 Å². The minimum absolute atomic E-state index is 0.108. The fraction of sp³-hybridized carbons (Fsp3) is 0.943. The Balaban J connectivity index is 2.06. The van der Waals surface area contributed by atoms with Crippen LogP contribution in [-0.4, -0.2) is 118 Å². The molecule has 2 aliphatic rings. The SMILES string of the molecule is CCCCCCCCON1C(C)(C)CC(N(CCCC)c2nc(C(CCN)NCCNCCCN)nc(N(CCCC)C3CC(C)(C)N(OCCCCCCCC)C(C)(C)C3)n2)CC1(C)C. The van der Waals surface area contributed by atoms with Crippen LogP contribution in [0.1, 0.15) is 236 Å². The minimum atomic E-state index is -0.187. The van der Waals surface area contributed by atoms with Crippen molar-refractivity contribution in [2.45, 2.75) is 265 Å². The van der Waals surface area contributed by atoms with E-state index in [0.717, 1.165) is 141 Å². The Kier molecular flexibility index (Phi) is 26.7. The Hall–Kier alpha value is -1.71. The number of hydrogen-bond donors (Lipinski definition) is 4. The van der Waals surface area contributed by atoms with Gasteiger partial charge >= 0.3 is 0 Å². The molecule has 3 heterocycles. The zero-order chi connectivity index (χ0) is 48.6. The van der Waals surface area contributed by atoms with Crippen LogP contribution in [-0.2, 0) is 9.68 Å². The van der Waals surface area contributed by atoms with Crippen molar-refractivity contribution >= 4 is 11.9 Å². The fourth-order valence-corrected chi connectivity index (χ4v) is 11.1. The Labute approximate surface area is 406 Å². The topological polar surface area (TPSA) is 146 Å². The summed E-state index contributed by atoms with van der Waals surface area (Å²) in [7, 11) is 0. The number of hydrogen-bond acceptors (Lipinski definition) is 13. The molecule has 0 aromatic carbocycles. The average molecular weight is 931 g/mol. The van der Waals surface area contributed by atoms with E-state index in [1.165, 1.54) is 64.2 Å². The van der Waals surface area contributed by atoms with Crippen molar-refractivity contribution in [2.75, 3.05) is 68.8 Å². The lowest BCUT2D eigenvalue weighted by atomic mass is 9.78. The monoisotopic (exact) mass is 930 g/mol. The van der Waals surface area contributed by atoms with Crippen LogP contribution in [0.4, 0.5) is 11.9 Å². The molecule has 0 amide bonds. The third-order valence-corrected chi connectivity index (χ3v) is 14.1. The molecule has 0 saturated carbocycles. The molecule has 0 aliphatic carbocycles. The van der Waals surface area contributed by atoms with Gasteiger partial charge in [-0.2, -0.15) is 25.1 Å². The molecule has 1 atom stereocenters. The van der Waals surface area contributed by atoms with Crippen LogP contribution in [0.2, 0.25) is 0 Å². The second kappa shape index (κ2) is 30.1. The first kappa shape index (κ1) is 58.6. The highest BCUT2D eigenvalue weighted by Crippen LogP contribution is 2.44. The Bertz CT molecular complexity index is 1300. The maximum absolute atomic E-state index is 6.75. The molecule has 2 aliphatic heterocycles. The van der Waals surface area contributed by atoms with Gasteiger partial charge in [-0.05, 0) is 139 Å². The smallest absolute Gasteiger partial charge is 0.230 e. The number of aromatic nitrogens is 3. The lowest BCUT2D eigenvalue weighted by Crippen LogP contribution is -2.64. The van der Waals surface area contributed by atoms with Gasteiger partial charge in [0, 0.05) is 60.4 Å². The van der Waals surface area contributed by atoms with Crippen LogP contribution >= 0.6 is 0 Å². The lowest BCUT2D eigenvalue weighted by molar-refractivity contribution is -0.283. The van der Waals surface area contributed by atoms with Crippen LogP contribution in [0.3, 0.4) is 0 Å². The van der Waals surface area contributed by atoms with E-state index in [-0.39, 0.29) is 40.3 Å². The highest BCUT2D eigenvalue weighted by molar-refractivity contribution is 5.43. The van der Waals surface area contributed by atoms with Crippen molar-refractivity contribution in [3.05, 3.63) is 5.82 Å². The quantitative estimate of drug-likeness (QED) is 0.0474. The summed E-state index contributed by atoms with van der Waals surface area (Å²) < 4.78 is 0. The second-order valence-corrected chi connectivity index (χ2v) is 22.5. The second-order valence-electron chi connectivity index (χ2n) is 22.5. The number of unbranched alkanes of at least 4 members (excludes halogenated alkanes) is 12. The molecule has 1 unspecified atom stereocenters. The van der Waals surface area contributed by atoms with E-state index in [9.17, 15) is 0 Å². The van der Waals surface area contributed by atoms with Crippen LogP contribution in [0.25, 0.3) is 0 Å². The van der Waals surface area contributed by atoms with Crippen LogP contribution in [0.5, 0.6) is 0 Å². The predicted molar refractivity (Wildman–Crippen MR) is 280 cm³/mol. The number of anilines is 2. The van der Waals surface area contributed by atoms with Crippen molar-refractivity contribution < 1.29 is 9.68 Å². The number of rotatable bonds is 36. The molecule has 13 nitrogen and oxygen atoms in total. The first-order chi connectivity index (χ1) is 31.5. The summed E-state index contributed by atoms with van der Waals surface area (Å²) in [6.45, 7) is 35.1. The molecule has 66 heavy (non-hydrogen) atoms. The summed E-state index contributed by atoms with van der Waals surface area (Å²) in [5.74, 6) is 2.39. The van der Waals surface area contributed by atoms with Gasteiger partial charge in [-0.25, -0.2) is 0 Å². The molecular formula is C53H107N11O2. The number of nitrogens with one attached hydrogen (secondary N) is 2. The van der Waals surface area contributed by atoms with E-state index in [1.807, 2.05) is 0 Å². The molecule has 0 spiro atoms. The van der Waals surface area contributed by atoms with Gasteiger partial charge in [0.15, 0.2) is 5.82 Å². The first-order valence-electron chi connectivity index (χ1n) is 27.5. The van der Waals surface area contributed by atoms with Gasteiger partial charge in [0.25, 0.3) is 0 Å². The largest absolute Gasteiger partial charge is 0.338 e. The summed E-state index contributed by atoms with van der Waals surface area (Å²) >= 11 is 0. The molecule has 6 N–H and O–H groups in total. The summed E-state index contributed by atoms with van der Waals surface area (Å²) in [6, 6.07) is 0.337. The Morgan fingerprint density at radius 1 is 0.530 bits per heavy atom. The van der Waals surface area contributed by atoms with E-state index >= 15 is 0 Å². The van der Waals surface area contributed by atoms with Crippen LogP contribution in [0.15, 0.2) is 0 Å². The van der Waals surface area contributed by atoms with E-state index in [2.05, 4.69) is 114 Å². The Morgan fingerprint density at radius 2 is 0.939 bits per heavy atom. The zero-order valence-corrected chi connectivity index (χ0v) is 45.3. The van der Waals surface area contributed by atoms with Crippen LogP contribution in [0, 0.1) is 0 Å². The van der Waals surface area contributed by atoms with Gasteiger partial charge in [-0.3, -0.25) is 9.68 Å². The predicted octanol–water partition coefficient (Wildman–Crippen LogP) is 10.6. The molecule has 1 aromatic heterocycles. The van der Waals surface area contributed by atoms with E-state index < -0.39 is 0 Å². The van der Waals surface area contributed by atoms with E-state index in [1.54, 1.807) is 0 Å². The van der Waals surface area contributed by atoms with E-state index in [4.69, 9.17) is 36.1 Å². The molecule has 386 valence electrons. The van der Waals surface area contributed by atoms with Crippen molar-refractivity contribution in [1.82, 2.24) is 35.7 Å². The molecule has 13 heteroatoms. The minimum Gasteiger partial charge on any atom is -0.338 e. The lowest BCUT2D eigenvalue weighted by Gasteiger charge is -2.56. The molecule has 3 rings (SSSR count). The van der Waals surface area contributed by atoms with Crippen molar-refractivity contribution in [1.29, 1.82) is 0 Å². The standard InChI is InChI=1S/C53H107N11O2/c1-13-17-21-23-25-27-38-65-63-50(5,6)40-44(41-51(63,7)8)61(36-19-15-3)48-58-47(46(30-32-55)57-35-34-56-33-29-31-54)59-49(60-48)62(37-20-16-4)45-42-52(9,10)64(53(11,12)43-45)66-39-28-26-24-22-18-14-2/h44-46,56-57H,13-43,54-55H2,1-12H3. The molecule has 2 fully saturated rings.